The molecule has 1 nitrogen and oxygen atoms in total. The van der Waals surface area contributed by atoms with E-state index in [1.165, 1.54) is 11.3 Å². The van der Waals surface area contributed by atoms with Crippen molar-refractivity contribution in [3.63, 3.8) is 0 Å². The summed E-state index contributed by atoms with van der Waals surface area (Å²) in [5.74, 6) is -0.974. The highest BCUT2D eigenvalue weighted by atomic mass is 32.1. The fourth-order valence-electron chi connectivity index (χ4n) is 1.77. The zero-order valence-electron chi connectivity index (χ0n) is 10.2. The van der Waals surface area contributed by atoms with Crippen molar-refractivity contribution in [3.8, 4) is 0 Å². The van der Waals surface area contributed by atoms with Crippen LogP contribution in [0.4, 0.5) is 8.78 Å². The lowest BCUT2D eigenvalue weighted by molar-refractivity contribution is 0.181. The molecule has 0 aliphatic carbocycles. The van der Waals surface area contributed by atoms with Gasteiger partial charge in [-0.05, 0) is 49.2 Å². The Balaban J connectivity index is 2.20. The summed E-state index contributed by atoms with van der Waals surface area (Å²) >= 11 is 1.49. The quantitative estimate of drug-likeness (QED) is 0.894. The molecule has 1 aromatic carbocycles. The molecule has 0 bridgehead atoms. The number of hydrogen-bond donors (Lipinski definition) is 1. The summed E-state index contributed by atoms with van der Waals surface area (Å²) in [5, 5.41) is 10.0. The third-order valence-corrected chi connectivity index (χ3v) is 4.19. The number of thiophene rings is 1. The minimum Gasteiger partial charge on any atom is -0.387 e. The van der Waals surface area contributed by atoms with E-state index in [2.05, 4.69) is 0 Å². The molecular formula is C14H14F2OS. The second kappa shape index (κ2) is 5.16. The largest absolute Gasteiger partial charge is 0.387 e. The lowest BCUT2D eigenvalue weighted by Crippen LogP contribution is -2.02. The first-order chi connectivity index (χ1) is 8.47. The molecule has 96 valence electrons. The van der Waals surface area contributed by atoms with Crippen LogP contribution in [0.25, 0.3) is 0 Å². The number of aliphatic hydroxyl groups excluding tert-OH is 1. The number of hydrogen-bond acceptors (Lipinski definition) is 2. The summed E-state index contributed by atoms with van der Waals surface area (Å²) in [5.41, 5.74) is 1.31. The molecule has 4 heteroatoms. The van der Waals surface area contributed by atoms with Crippen molar-refractivity contribution < 1.29 is 13.9 Å². The van der Waals surface area contributed by atoms with Crippen molar-refractivity contribution in [2.75, 3.05) is 0 Å². The molecule has 0 saturated heterocycles. The lowest BCUT2D eigenvalue weighted by Gasteiger charge is -2.09. The van der Waals surface area contributed by atoms with Crippen LogP contribution in [0.5, 0.6) is 0 Å². The van der Waals surface area contributed by atoms with Gasteiger partial charge in [0.1, 0.15) is 11.6 Å². The number of aryl methyl sites for hydroxylation is 2. The van der Waals surface area contributed by atoms with Gasteiger partial charge in [0.25, 0.3) is 0 Å². The molecule has 18 heavy (non-hydrogen) atoms. The predicted octanol–water partition coefficient (Wildman–Crippen LogP) is 3.92. The van der Waals surface area contributed by atoms with Crippen LogP contribution < -0.4 is 0 Å². The van der Waals surface area contributed by atoms with Crippen LogP contribution in [0.15, 0.2) is 24.3 Å². The fourth-order valence-corrected chi connectivity index (χ4v) is 2.80. The maximum absolute atomic E-state index is 13.5. The van der Waals surface area contributed by atoms with E-state index in [0.29, 0.717) is 0 Å². The van der Waals surface area contributed by atoms with Gasteiger partial charge in [0, 0.05) is 16.2 Å². The first-order valence-electron chi connectivity index (χ1n) is 5.66. The molecule has 1 atom stereocenters. The van der Waals surface area contributed by atoms with Crippen LogP contribution >= 0.6 is 11.3 Å². The zero-order chi connectivity index (χ0) is 13.3. The molecule has 2 rings (SSSR count). The van der Waals surface area contributed by atoms with Gasteiger partial charge in [-0.2, -0.15) is 0 Å². The molecular weight excluding hydrogens is 254 g/mol. The highest BCUT2D eigenvalue weighted by Crippen LogP contribution is 2.29. The molecule has 0 spiro atoms. The van der Waals surface area contributed by atoms with Crippen molar-refractivity contribution in [1.82, 2.24) is 0 Å². The Bertz CT molecular complexity index is 543. The highest BCUT2D eigenvalue weighted by molar-refractivity contribution is 7.12. The third kappa shape index (κ3) is 2.76. The Labute approximate surface area is 109 Å². The van der Waals surface area contributed by atoms with E-state index in [1.807, 2.05) is 19.9 Å². The minimum atomic E-state index is -0.793. The van der Waals surface area contributed by atoms with Crippen LogP contribution in [0.2, 0.25) is 0 Å². The Hall–Kier alpha value is -1.26. The van der Waals surface area contributed by atoms with E-state index >= 15 is 0 Å². The molecule has 0 amide bonds. The van der Waals surface area contributed by atoms with Gasteiger partial charge in [-0.1, -0.05) is 0 Å². The van der Waals surface area contributed by atoms with E-state index in [-0.39, 0.29) is 12.0 Å². The standard InChI is InChI=1S/C14H14F2OS/c1-8-5-14(18-9(8)2)13(17)7-10-6-11(15)3-4-12(10)16/h3-6,13,17H,7H2,1-2H3. The smallest absolute Gasteiger partial charge is 0.126 e. The summed E-state index contributed by atoms with van der Waals surface area (Å²) in [6.07, 6.45) is -0.707. The van der Waals surface area contributed by atoms with E-state index in [9.17, 15) is 13.9 Å². The van der Waals surface area contributed by atoms with E-state index in [0.717, 1.165) is 33.5 Å². The normalized spacial score (nSPS) is 12.7. The van der Waals surface area contributed by atoms with E-state index in [4.69, 9.17) is 0 Å². The zero-order valence-corrected chi connectivity index (χ0v) is 11.0. The molecule has 1 aromatic heterocycles. The van der Waals surface area contributed by atoms with Gasteiger partial charge in [0.2, 0.25) is 0 Å². The fraction of sp³-hybridized carbons (Fsp3) is 0.286. The van der Waals surface area contributed by atoms with Crippen LogP contribution in [0.1, 0.15) is 27.0 Å². The van der Waals surface area contributed by atoms with E-state index < -0.39 is 17.7 Å². The molecule has 0 aliphatic heterocycles. The van der Waals surface area contributed by atoms with Crippen molar-refractivity contribution >= 4 is 11.3 Å². The Morgan fingerprint density at radius 2 is 1.94 bits per heavy atom. The van der Waals surface area contributed by atoms with Gasteiger partial charge in [-0.15, -0.1) is 11.3 Å². The van der Waals surface area contributed by atoms with Gasteiger partial charge < -0.3 is 5.11 Å². The molecule has 1 N–H and O–H groups in total. The molecule has 0 aliphatic rings. The minimum absolute atomic E-state index is 0.0863. The molecule has 2 aromatic rings. The van der Waals surface area contributed by atoms with Gasteiger partial charge in [-0.25, -0.2) is 8.78 Å². The number of rotatable bonds is 3. The first kappa shape index (κ1) is 13.2. The SMILES string of the molecule is Cc1cc(C(O)Cc2cc(F)ccc2F)sc1C. The molecule has 0 radical (unpaired) electrons. The van der Waals surface area contributed by atoms with E-state index in [1.54, 1.807) is 0 Å². The molecule has 0 saturated carbocycles. The summed E-state index contributed by atoms with van der Waals surface area (Å²) < 4.78 is 26.5. The van der Waals surface area contributed by atoms with Crippen molar-refractivity contribution in [2.24, 2.45) is 0 Å². The van der Waals surface area contributed by atoms with Crippen molar-refractivity contribution in [2.45, 2.75) is 26.4 Å². The van der Waals surface area contributed by atoms with Gasteiger partial charge in [-0.3, -0.25) is 0 Å². The second-order valence-electron chi connectivity index (χ2n) is 4.34. The van der Waals surface area contributed by atoms with Gasteiger partial charge in [0.15, 0.2) is 0 Å². The van der Waals surface area contributed by atoms with Crippen molar-refractivity contribution in [1.29, 1.82) is 0 Å². The van der Waals surface area contributed by atoms with Crippen LogP contribution in [0.3, 0.4) is 0 Å². The second-order valence-corrected chi connectivity index (χ2v) is 5.63. The lowest BCUT2D eigenvalue weighted by atomic mass is 10.1. The average molecular weight is 268 g/mol. The maximum Gasteiger partial charge on any atom is 0.126 e. The molecule has 1 unspecified atom stereocenters. The number of aliphatic hydroxyl groups is 1. The van der Waals surface area contributed by atoms with Crippen LogP contribution in [0, 0.1) is 25.5 Å². The maximum atomic E-state index is 13.5. The Kier molecular flexibility index (Phi) is 3.78. The van der Waals surface area contributed by atoms with Crippen molar-refractivity contribution in [3.05, 3.63) is 56.8 Å². The summed E-state index contributed by atoms with van der Waals surface area (Å²) in [6.45, 7) is 3.93. The van der Waals surface area contributed by atoms with Crippen LogP contribution in [-0.2, 0) is 6.42 Å². The Morgan fingerprint density at radius 3 is 2.56 bits per heavy atom. The topological polar surface area (TPSA) is 20.2 Å². The monoisotopic (exact) mass is 268 g/mol. The highest BCUT2D eigenvalue weighted by Gasteiger charge is 2.15. The summed E-state index contributed by atoms with van der Waals surface area (Å²) in [6, 6.07) is 5.18. The number of benzene rings is 1. The Morgan fingerprint density at radius 1 is 1.22 bits per heavy atom. The number of halogens is 2. The predicted molar refractivity (Wildman–Crippen MR) is 68.8 cm³/mol. The van der Waals surface area contributed by atoms with Gasteiger partial charge >= 0.3 is 0 Å². The first-order valence-corrected chi connectivity index (χ1v) is 6.48. The summed E-state index contributed by atoms with van der Waals surface area (Å²) in [4.78, 5) is 1.91. The molecule has 1 heterocycles. The van der Waals surface area contributed by atoms with Crippen LogP contribution in [-0.4, -0.2) is 5.11 Å². The molecule has 0 fully saturated rings. The third-order valence-electron chi connectivity index (χ3n) is 2.93. The average Bonchev–Trinajstić information content (AvgIpc) is 2.64. The summed E-state index contributed by atoms with van der Waals surface area (Å²) in [7, 11) is 0. The van der Waals surface area contributed by atoms with Gasteiger partial charge in [0.05, 0.1) is 6.10 Å².